The van der Waals surface area contributed by atoms with Gasteiger partial charge >= 0.3 is 0 Å². The van der Waals surface area contributed by atoms with Gasteiger partial charge in [0.05, 0.1) is 5.25 Å². The summed E-state index contributed by atoms with van der Waals surface area (Å²) in [7, 11) is -2.95. The fraction of sp³-hybridized carbons (Fsp3) is 1.00. The van der Waals surface area contributed by atoms with Crippen LogP contribution < -0.4 is 0 Å². The third-order valence-electron chi connectivity index (χ3n) is 3.15. The van der Waals surface area contributed by atoms with E-state index in [0.717, 1.165) is 12.8 Å². The SMILES string of the molecule is CC(C)S(=O)(=O)N1[C@H]2CCCC[C@@H]21. The Morgan fingerprint density at radius 1 is 1.15 bits per heavy atom. The van der Waals surface area contributed by atoms with E-state index in [9.17, 15) is 8.42 Å². The van der Waals surface area contributed by atoms with Crippen LogP contribution in [0.3, 0.4) is 0 Å². The molecule has 0 aromatic carbocycles. The first-order valence-corrected chi connectivity index (χ1v) is 6.58. The van der Waals surface area contributed by atoms with Crippen molar-refractivity contribution in [2.75, 3.05) is 0 Å². The van der Waals surface area contributed by atoms with Crippen molar-refractivity contribution in [1.29, 1.82) is 0 Å². The van der Waals surface area contributed by atoms with Gasteiger partial charge in [-0.15, -0.1) is 0 Å². The molecule has 0 bridgehead atoms. The molecule has 2 rings (SSSR count). The molecule has 0 spiro atoms. The molecule has 1 aliphatic carbocycles. The molecule has 0 radical (unpaired) electrons. The van der Waals surface area contributed by atoms with Crippen molar-refractivity contribution in [2.45, 2.75) is 56.9 Å². The highest BCUT2D eigenvalue weighted by Crippen LogP contribution is 2.43. The number of sulfonamides is 1. The summed E-state index contributed by atoms with van der Waals surface area (Å²) < 4.78 is 25.3. The average molecular weight is 203 g/mol. The molecule has 76 valence electrons. The van der Waals surface area contributed by atoms with Crippen LogP contribution in [-0.2, 0) is 10.0 Å². The van der Waals surface area contributed by atoms with Gasteiger partial charge < -0.3 is 0 Å². The maximum Gasteiger partial charge on any atom is 0.217 e. The summed E-state index contributed by atoms with van der Waals surface area (Å²) in [5.41, 5.74) is 0. The Morgan fingerprint density at radius 3 is 2.00 bits per heavy atom. The van der Waals surface area contributed by atoms with Crippen molar-refractivity contribution in [3.8, 4) is 0 Å². The van der Waals surface area contributed by atoms with Crippen LogP contribution in [0.4, 0.5) is 0 Å². The van der Waals surface area contributed by atoms with Crippen molar-refractivity contribution in [1.82, 2.24) is 4.31 Å². The minimum Gasteiger partial charge on any atom is -0.212 e. The number of fused-ring (bicyclic) bond motifs is 1. The second-order valence-corrected chi connectivity index (χ2v) is 6.74. The molecule has 2 fully saturated rings. The summed E-state index contributed by atoms with van der Waals surface area (Å²) in [4.78, 5) is 0. The Hall–Kier alpha value is -0.0900. The summed E-state index contributed by atoms with van der Waals surface area (Å²) in [6, 6.07) is 0.724. The van der Waals surface area contributed by atoms with E-state index < -0.39 is 10.0 Å². The highest BCUT2D eigenvalue weighted by atomic mass is 32.2. The fourth-order valence-corrected chi connectivity index (χ4v) is 3.96. The second kappa shape index (κ2) is 2.95. The van der Waals surface area contributed by atoms with Gasteiger partial charge in [-0.25, -0.2) is 8.42 Å². The summed E-state index contributed by atoms with van der Waals surface area (Å²) in [5.74, 6) is 0. The molecule has 0 aromatic rings. The van der Waals surface area contributed by atoms with Gasteiger partial charge in [0.1, 0.15) is 0 Å². The standard InChI is InChI=1S/C9H17NO2S/c1-7(2)13(11,12)10-8-5-3-4-6-9(8)10/h7-9H,3-6H2,1-2H3/t8-,9-/m0/s1. The predicted octanol–water partition coefficient (Wildman–Crippen LogP) is 1.35. The van der Waals surface area contributed by atoms with Gasteiger partial charge in [-0.3, -0.25) is 0 Å². The van der Waals surface area contributed by atoms with E-state index in [1.165, 1.54) is 12.8 Å². The normalized spacial score (nSPS) is 38.8. The summed E-state index contributed by atoms with van der Waals surface area (Å²) >= 11 is 0. The van der Waals surface area contributed by atoms with Gasteiger partial charge in [0, 0.05) is 12.1 Å². The number of nitrogens with zero attached hydrogens (tertiary/aromatic N) is 1. The molecule has 13 heavy (non-hydrogen) atoms. The van der Waals surface area contributed by atoms with Gasteiger partial charge in [-0.1, -0.05) is 12.8 Å². The third kappa shape index (κ3) is 1.40. The summed E-state index contributed by atoms with van der Waals surface area (Å²) in [5, 5.41) is -0.252. The average Bonchev–Trinajstić information content (AvgIpc) is 2.77. The van der Waals surface area contributed by atoms with Crippen molar-refractivity contribution < 1.29 is 8.42 Å². The molecule has 3 nitrogen and oxygen atoms in total. The molecular formula is C9H17NO2S. The highest BCUT2D eigenvalue weighted by molar-refractivity contribution is 7.90. The monoisotopic (exact) mass is 203 g/mol. The van der Waals surface area contributed by atoms with Crippen LogP contribution in [0.5, 0.6) is 0 Å². The predicted molar refractivity (Wildman–Crippen MR) is 51.9 cm³/mol. The molecule has 0 N–H and O–H groups in total. The van der Waals surface area contributed by atoms with Gasteiger partial charge in [0.15, 0.2) is 0 Å². The Balaban J connectivity index is 2.12. The van der Waals surface area contributed by atoms with E-state index in [4.69, 9.17) is 0 Å². The van der Waals surface area contributed by atoms with E-state index in [-0.39, 0.29) is 5.25 Å². The zero-order valence-electron chi connectivity index (χ0n) is 8.23. The van der Waals surface area contributed by atoms with Gasteiger partial charge in [0.2, 0.25) is 10.0 Å². The Kier molecular flexibility index (Phi) is 2.15. The number of hydrogen-bond donors (Lipinski definition) is 0. The Bertz CT molecular complexity index is 285. The van der Waals surface area contributed by atoms with E-state index in [1.54, 1.807) is 18.2 Å². The highest BCUT2D eigenvalue weighted by Gasteiger charge is 2.55. The lowest BCUT2D eigenvalue weighted by Gasteiger charge is -2.08. The molecule has 0 unspecified atom stereocenters. The molecule has 1 saturated heterocycles. The van der Waals surface area contributed by atoms with Crippen LogP contribution in [0.2, 0.25) is 0 Å². The van der Waals surface area contributed by atoms with Crippen molar-refractivity contribution in [3.63, 3.8) is 0 Å². The number of hydrogen-bond acceptors (Lipinski definition) is 2. The molecule has 1 saturated carbocycles. The minimum absolute atomic E-state index is 0.252. The van der Waals surface area contributed by atoms with Crippen molar-refractivity contribution in [3.05, 3.63) is 0 Å². The first-order valence-electron chi connectivity index (χ1n) is 5.07. The zero-order chi connectivity index (χ0) is 9.64. The van der Waals surface area contributed by atoms with Crippen LogP contribution in [0.15, 0.2) is 0 Å². The molecule has 0 amide bonds. The lowest BCUT2D eigenvalue weighted by molar-refractivity contribution is 0.535. The van der Waals surface area contributed by atoms with Crippen LogP contribution >= 0.6 is 0 Å². The van der Waals surface area contributed by atoms with E-state index in [0.29, 0.717) is 12.1 Å². The molecule has 2 aliphatic rings. The third-order valence-corrected chi connectivity index (χ3v) is 5.47. The smallest absolute Gasteiger partial charge is 0.212 e. The first-order chi connectivity index (χ1) is 6.05. The molecule has 0 aromatic heterocycles. The Morgan fingerprint density at radius 2 is 1.62 bits per heavy atom. The van der Waals surface area contributed by atoms with E-state index in [1.807, 2.05) is 0 Å². The van der Waals surface area contributed by atoms with E-state index >= 15 is 0 Å². The first kappa shape index (κ1) is 9.46. The zero-order valence-corrected chi connectivity index (χ0v) is 9.05. The topological polar surface area (TPSA) is 37.1 Å². The second-order valence-electron chi connectivity index (χ2n) is 4.34. The maximum absolute atomic E-state index is 11.8. The van der Waals surface area contributed by atoms with Crippen LogP contribution in [0.25, 0.3) is 0 Å². The van der Waals surface area contributed by atoms with Gasteiger partial charge in [-0.05, 0) is 26.7 Å². The lowest BCUT2D eigenvalue weighted by atomic mass is 10.0. The summed E-state index contributed by atoms with van der Waals surface area (Å²) in [6.45, 7) is 3.53. The fourth-order valence-electron chi connectivity index (χ4n) is 2.28. The number of rotatable bonds is 2. The quantitative estimate of drug-likeness (QED) is 0.635. The summed E-state index contributed by atoms with van der Waals surface area (Å²) in [6.07, 6.45) is 4.56. The molecule has 2 atom stereocenters. The molecular weight excluding hydrogens is 186 g/mol. The van der Waals surface area contributed by atoms with Crippen LogP contribution in [0.1, 0.15) is 39.5 Å². The Labute approximate surface area is 80.2 Å². The van der Waals surface area contributed by atoms with E-state index in [2.05, 4.69) is 0 Å². The lowest BCUT2D eigenvalue weighted by Crippen LogP contribution is -2.24. The largest absolute Gasteiger partial charge is 0.217 e. The maximum atomic E-state index is 11.8. The molecule has 1 heterocycles. The minimum atomic E-state index is -2.95. The van der Waals surface area contributed by atoms with Crippen LogP contribution in [0, 0.1) is 0 Å². The van der Waals surface area contributed by atoms with Gasteiger partial charge in [-0.2, -0.15) is 4.31 Å². The molecule has 4 heteroatoms. The molecule has 1 aliphatic heterocycles. The van der Waals surface area contributed by atoms with Gasteiger partial charge in [0.25, 0.3) is 0 Å². The van der Waals surface area contributed by atoms with Crippen molar-refractivity contribution in [2.24, 2.45) is 0 Å². The van der Waals surface area contributed by atoms with Crippen molar-refractivity contribution >= 4 is 10.0 Å². The van der Waals surface area contributed by atoms with Crippen LogP contribution in [-0.4, -0.2) is 30.1 Å².